The first-order chi connectivity index (χ1) is 9.04. The van der Waals surface area contributed by atoms with E-state index >= 15 is 0 Å². The Balaban J connectivity index is 2.03. The van der Waals surface area contributed by atoms with Crippen molar-refractivity contribution in [2.45, 2.75) is 13.5 Å². The Hall–Kier alpha value is -2.07. The van der Waals surface area contributed by atoms with E-state index in [1.807, 2.05) is 13.0 Å². The number of rotatable bonds is 3. The Morgan fingerprint density at radius 1 is 1.42 bits per heavy atom. The maximum Gasteiger partial charge on any atom is 0.290 e. The van der Waals surface area contributed by atoms with Crippen LogP contribution in [0.25, 0.3) is 0 Å². The van der Waals surface area contributed by atoms with Crippen molar-refractivity contribution in [3.8, 4) is 5.75 Å². The molecule has 0 aliphatic heterocycles. The molecule has 0 bridgehead atoms. The fourth-order valence-electron chi connectivity index (χ4n) is 1.64. The third kappa shape index (κ3) is 3.69. The minimum absolute atomic E-state index is 0.119. The number of hydrogen-bond acceptors (Lipinski definition) is 2. The van der Waals surface area contributed by atoms with Crippen LogP contribution in [0.4, 0.5) is 5.69 Å². The number of nitrogens with zero attached hydrogens (tertiary/aromatic N) is 1. The zero-order valence-corrected chi connectivity index (χ0v) is 11.2. The van der Waals surface area contributed by atoms with Crippen LogP contribution in [-0.2, 0) is 11.3 Å². The normalized spacial score (nSPS) is 10.2. The van der Waals surface area contributed by atoms with E-state index in [2.05, 4.69) is 5.32 Å². The minimum atomic E-state index is -0.185. The van der Waals surface area contributed by atoms with Gasteiger partial charge in [-0.15, -0.1) is 0 Å². The van der Waals surface area contributed by atoms with Gasteiger partial charge >= 0.3 is 0 Å². The lowest BCUT2D eigenvalue weighted by Gasteiger charge is -2.05. The van der Waals surface area contributed by atoms with Gasteiger partial charge in [-0.3, -0.25) is 4.79 Å². The molecular weight excluding hydrogens is 264 g/mol. The topological polar surface area (TPSA) is 53.2 Å². The highest BCUT2D eigenvalue weighted by atomic mass is 35.5. The van der Waals surface area contributed by atoms with Crippen LogP contribution in [0.1, 0.15) is 5.56 Å². The van der Waals surface area contributed by atoms with Gasteiger partial charge in [0.25, 0.3) is 5.91 Å². The van der Waals surface area contributed by atoms with Crippen molar-refractivity contribution in [3.63, 3.8) is 0 Å². The van der Waals surface area contributed by atoms with E-state index in [4.69, 9.17) is 11.6 Å². The Morgan fingerprint density at radius 2 is 2.21 bits per heavy atom. The summed E-state index contributed by atoms with van der Waals surface area (Å²) in [5, 5.41) is 12.7. The summed E-state index contributed by atoms with van der Waals surface area (Å²) >= 11 is 5.99. The van der Waals surface area contributed by atoms with Crippen molar-refractivity contribution in [1.29, 1.82) is 0 Å². The largest absolute Gasteiger partial charge is 0.503 e. The van der Waals surface area contributed by atoms with E-state index in [9.17, 15) is 9.90 Å². The quantitative estimate of drug-likeness (QED) is 0.846. The molecule has 2 aromatic rings. The number of nitrogens with one attached hydrogen (secondary N) is 1. The number of aromatic nitrogens is 1. The number of aryl methyl sites for hydroxylation is 1. The van der Waals surface area contributed by atoms with Crippen LogP contribution < -0.4 is 9.88 Å². The maximum atomic E-state index is 11.8. The summed E-state index contributed by atoms with van der Waals surface area (Å²) in [4.78, 5) is 11.8. The van der Waals surface area contributed by atoms with E-state index in [1.165, 1.54) is 6.20 Å². The molecule has 0 spiro atoms. The molecule has 4 nitrogen and oxygen atoms in total. The molecule has 19 heavy (non-hydrogen) atoms. The van der Waals surface area contributed by atoms with Crippen molar-refractivity contribution in [1.82, 2.24) is 0 Å². The Kier molecular flexibility index (Phi) is 4.02. The smallest absolute Gasteiger partial charge is 0.290 e. The first kappa shape index (κ1) is 13.4. The fraction of sp³-hybridized carbons (Fsp3) is 0.143. The number of carbonyl (C=O) groups is 1. The van der Waals surface area contributed by atoms with Gasteiger partial charge in [0.1, 0.15) is 0 Å². The van der Waals surface area contributed by atoms with Gasteiger partial charge in [-0.05, 0) is 30.7 Å². The van der Waals surface area contributed by atoms with Crippen molar-refractivity contribution in [2.24, 2.45) is 0 Å². The first-order valence-electron chi connectivity index (χ1n) is 5.78. The highest BCUT2D eigenvalue weighted by Crippen LogP contribution is 2.19. The van der Waals surface area contributed by atoms with E-state index in [1.54, 1.807) is 35.0 Å². The van der Waals surface area contributed by atoms with Crippen LogP contribution in [0.15, 0.2) is 42.7 Å². The predicted octanol–water partition coefficient (Wildman–Crippen LogP) is 2.28. The zero-order valence-electron chi connectivity index (χ0n) is 10.4. The molecule has 5 heteroatoms. The van der Waals surface area contributed by atoms with Crippen LogP contribution >= 0.6 is 11.6 Å². The van der Waals surface area contributed by atoms with Gasteiger partial charge in [-0.25, -0.2) is 0 Å². The van der Waals surface area contributed by atoms with Gasteiger partial charge in [0, 0.05) is 16.8 Å². The Labute approximate surface area is 116 Å². The van der Waals surface area contributed by atoms with Crippen molar-refractivity contribution < 1.29 is 14.5 Å². The van der Waals surface area contributed by atoms with E-state index in [0.717, 1.165) is 5.56 Å². The molecule has 0 aliphatic rings. The molecule has 2 N–H and O–H groups in total. The number of carbonyl (C=O) groups excluding carboxylic acids is 1. The van der Waals surface area contributed by atoms with Gasteiger partial charge in [-0.2, -0.15) is 4.57 Å². The summed E-state index contributed by atoms with van der Waals surface area (Å²) in [6.45, 7) is 2.02. The summed E-state index contributed by atoms with van der Waals surface area (Å²) in [7, 11) is 0. The van der Waals surface area contributed by atoms with Gasteiger partial charge in [0.05, 0.1) is 0 Å². The molecule has 0 radical (unpaired) electrons. The van der Waals surface area contributed by atoms with E-state index in [0.29, 0.717) is 10.7 Å². The number of benzene rings is 1. The predicted molar refractivity (Wildman–Crippen MR) is 73.1 cm³/mol. The third-order valence-corrected chi connectivity index (χ3v) is 3.03. The SMILES string of the molecule is Cc1ccc(NC(=O)C[n+]2cccc(O)c2)cc1Cl. The molecule has 0 aliphatic carbocycles. The molecular formula is C14H14ClN2O2+. The maximum absolute atomic E-state index is 11.8. The second-order valence-corrected chi connectivity index (χ2v) is 4.65. The third-order valence-electron chi connectivity index (χ3n) is 2.62. The standard InChI is InChI=1S/C14H13ClN2O2/c1-10-4-5-11(7-13(10)15)16-14(19)9-17-6-2-3-12(18)8-17/h2-8H,9H2,1H3,(H-,16,18,19)/p+1. The van der Waals surface area contributed by atoms with E-state index < -0.39 is 0 Å². The molecule has 2 rings (SSSR count). The second-order valence-electron chi connectivity index (χ2n) is 4.25. The van der Waals surface area contributed by atoms with Crippen LogP contribution in [0.3, 0.4) is 0 Å². The number of halogens is 1. The molecule has 1 aromatic carbocycles. The number of aromatic hydroxyl groups is 1. The molecule has 0 atom stereocenters. The lowest BCUT2D eigenvalue weighted by atomic mass is 10.2. The number of anilines is 1. The minimum Gasteiger partial charge on any atom is -0.503 e. The van der Waals surface area contributed by atoms with Crippen molar-refractivity contribution >= 4 is 23.2 Å². The monoisotopic (exact) mass is 277 g/mol. The summed E-state index contributed by atoms with van der Waals surface area (Å²) < 4.78 is 1.60. The van der Waals surface area contributed by atoms with Gasteiger partial charge in [0.2, 0.25) is 12.7 Å². The van der Waals surface area contributed by atoms with Crippen LogP contribution in [0.2, 0.25) is 5.02 Å². The molecule has 0 saturated carbocycles. The summed E-state index contributed by atoms with van der Waals surface area (Å²) in [6.07, 6.45) is 3.20. The number of hydrogen-bond donors (Lipinski definition) is 2. The second kappa shape index (κ2) is 5.71. The van der Waals surface area contributed by atoms with Crippen molar-refractivity contribution in [3.05, 3.63) is 53.3 Å². The summed E-state index contributed by atoms with van der Waals surface area (Å²) in [5.41, 5.74) is 1.61. The highest BCUT2D eigenvalue weighted by molar-refractivity contribution is 6.31. The van der Waals surface area contributed by atoms with Gasteiger partial charge in [0.15, 0.2) is 11.9 Å². The van der Waals surface area contributed by atoms with Crippen LogP contribution in [0.5, 0.6) is 5.75 Å². The van der Waals surface area contributed by atoms with Crippen LogP contribution in [0, 0.1) is 6.92 Å². The molecule has 1 amide bonds. The fourth-order valence-corrected chi connectivity index (χ4v) is 1.82. The van der Waals surface area contributed by atoms with Crippen LogP contribution in [-0.4, -0.2) is 11.0 Å². The molecule has 98 valence electrons. The molecule has 1 heterocycles. The molecule has 1 aromatic heterocycles. The van der Waals surface area contributed by atoms with E-state index in [-0.39, 0.29) is 18.2 Å². The Bertz CT molecular complexity index is 614. The highest BCUT2D eigenvalue weighted by Gasteiger charge is 2.10. The molecule has 0 saturated heterocycles. The summed E-state index contributed by atoms with van der Waals surface area (Å²) in [6, 6.07) is 8.58. The zero-order chi connectivity index (χ0) is 13.8. The first-order valence-corrected chi connectivity index (χ1v) is 6.16. The Morgan fingerprint density at radius 3 is 2.89 bits per heavy atom. The molecule has 0 unspecified atom stereocenters. The number of amides is 1. The van der Waals surface area contributed by atoms with Crippen molar-refractivity contribution in [2.75, 3.05) is 5.32 Å². The average molecular weight is 278 g/mol. The summed E-state index contributed by atoms with van der Waals surface area (Å²) in [5.74, 6) is -0.0656. The lowest BCUT2D eigenvalue weighted by Crippen LogP contribution is -2.39. The average Bonchev–Trinajstić information content (AvgIpc) is 2.34. The number of pyridine rings is 1. The van der Waals surface area contributed by atoms with Gasteiger partial charge in [-0.1, -0.05) is 17.7 Å². The lowest BCUT2D eigenvalue weighted by molar-refractivity contribution is -0.684. The van der Waals surface area contributed by atoms with Gasteiger partial charge < -0.3 is 10.4 Å². The molecule has 0 fully saturated rings.